The van der Waals surface area contributed by atoms with E-state index in [0.717, 1.165) is 63.1 Å². The van der Waals surface area contributed by atoms with Gasteiger partial charge in [0.1, 0.15) is 6.10 Å². The van der Waals surface area contributed by atoms with Gasteiger partial charge in [0.05, 0.1) is 11.3 Å². The average molecular weight is 412 g/mol. The molecule has 2 aromatic rings. The summed E-state index contributed by atoms with van der Waals surface area (Å²) in [6.07, 6.45) is -1.44. The van der Waals surface area contributed by atoms with Crippen LogP contribution in [-0.4, -0.2) is 55.1 Å². The first-order chi connectivity index (χ1) is 13.4. The Balaban J connectivity index is 1.20. The number of epoxide rings is 1. The van der Waals surface area contributed by atoms with Crippen LogP contribution in [0.15, 0.2) is 23.6 Å². The Bertz CT molecular complexity index is 872. The predicted octanol–water partition coefficient (Wildman–Crippen LogP) is 3.93. The van der Waals surface area contributed by atoms with Crippen molar-refractivity contribution in [3.8, 4) is 0 Å². The van der Waals surface area contributed by atoms with Gasteiger partial charge in [-0.05, 0) is 37.9 Å². The summed E-state index contributed by atoms with van der Waals surface area (Å²) in [7, 11) is 0. The molecular weight excluding hydrogens is 389 g/mol. The second-order valence-electron chi connectivity index (χ2n) is 8.22. The second-order valence-corrected chi connectivity index (χ2v) is 9.13. The lowest BCUT2D eigenvalue weighted by atomic mass is 9.97. The quantitative estimate of drug-likeness (QED) is 0.756. The zero-order valence-electron chi connectivity index (χ0n) is 15.4. The summed E-state index contributed by atoms with van der Waals surface area (Å²) in [6.45, 7) is 4.66. The van der Waals surface area contributed by atoms with Crippen molar-refractivity contribution in [1.82, 2.24) is 4.90 Å². The molecule has 3 aliphatic rings. The molecule has 0 amide bonds. The zero-order valence-corrected chi connectivity index (χ0v) is 16.2. The molecule has 2 aliphatic heterocycles. The highest BCUT2D eigenvalue weighted by Crippen LogP contribution is 2.58. The number of halogens is 3. The molecule has 3 fully saturated rings. The second kappa shape index (κ2) is 6.58. The molecule has 0 radical (unpaired) electrons. The van der Waals surface area contributed by atoms with Gasteiger partial charge in [0.2, 0.25) is 0 Å². The van der Waals surface area contributed by atoms with Gasteiger partial charge in [-0.3, -0.25) is 4.90 Å². The van der Waals surface area contributed by atoms with E-state index in [2.05, 4.69) is 9.80 Å². The molecule has 0 spiro atoms. The lowest BCUT2D eigenvalue weighted by molar-refractivity contribution is -0.137. The van der Waals surface area contributed by atoms with E-state index in [4.69, 9.17) is 4.74 Å². The molecule has 2 unspecified atom stereocenters. The van der Waals surface area contributed by atoms with Crippen molar-refractivity contribution in [3.63, 3.8) is 0 Å². The minimum atomic E-state index is -4.30. The number of aliphatic hydroxyl groups is 1. The molecule has 28 heavy (non-hydrogen) atoms. The van der Waals surface area contributed by atoms with Crippen LogP contribution >= 0.6 is 11.3 Å². The van der Waals surface area contributed by atoms with Gasteiger partial charge in [-0.1, -0.05) is 6.07 Å². The van der Waals surface area contributed by atoms with E-state index >= 15 is 0 Å². The summed E-state index contributed by atoms with van der Waals surface area (Å²) in [6, 6.07) is 4.04. The van der Waals surface area contributed by atoms with Gasteiger partial charge in [-0.25, -0.2) is 0 Å². The Labute approximate surface area is 165 Å². The van der Waals surface area contributed by atoms with Crippen molar-refractivity contribution >= 4 is 27.1 Å². The maximum atomic E-state index is 12.9. The third-order valence-corrected chi connectivity index (χ3v) is 7.42. The van der Waals surface area contributed by atoms with Gasteiger partial charge >= 0.3 is 6.18 Å². The molecule has 8 heteroatoms. The number of ether oxygens (including phenoxy) is 1. The maximum Gasteiger partial charge on any atom is 0.416 e. The van der Waals surface area contributed by atoms with Crippen LogP contribution in [0.5, 0.6) is 0 Å². The maximum absolute atomic E-state index is 12.9. The lowest BCUT2D eigenvalue weighted by Crippen LogP contribution is -2.47. The molecule has 1 aromatic carbocycles. The zero-order chi connectivity index (χ0) is 19.5. The number of hydrogen-bond acceptors (Lipinski definition) is 5. The van der Waals surface area contributed by atoms with Crippen molar-refractivity contribution in [2.24, 2.45) is 5.41 Å². The Morgan fingerprint density at radius 3 is 2.50 bits per heavy atom. The Hall–Kier alpha value is -1.35. The number of benzene rings is 1. The number of alkyl halides is 3. The van der Waals surface area contributed by atoms with Crippen LogP contribution in [0.25, 0.3) is 10.1 Å². The van der Waals surface area contributed by atoms with Crippen molar-refractivity contribution < 1.29 is 23.0 Å². The van der Waals surface area contributed by atoms with Gasteiger partial charge in [-0.2, -0.15) is 13.2 Å². The van der Waals surface area contributed by atoms with Crippen molar-refractivity contribution in [2.75, 3.05) is 37.6 Å². The smallest absolute Gasteiger partial charge is 0.368 e. The number of aliphatic hydroxyl groups excluding tert-OH is 1. The third-order valence-electron chi connectivity index (χ3n) is 6.49. The van der Waals surface area contributed by atoms with E-state index in [1.807, 2.05) is 5.38 Å². The van der Waals surface area contributed by atoms with Crippen LogP contribution in [0.4, 0.5) is 18.9 Å². The van der Waals surface area contributed by atoms with E-state index in [1.165, 1.54) is 23.5 Å². The van der Waals surface area contributed by atoms with Gasteiger partial charge in [0, 0.05) is 47.1 Å². The standard InChI is InChI=1S/C20H23F3N2O2S/c21-20(22,23)13-1-2-14-15(12-28-16(14)11-13)25-9-7-24(8-10-25)6-5-19(3-4-19)17-18(26)27-17/h1-2,11-12,17-18,26H,3-10H2. The normalized spacial score (nSPS) is 27.4. The van der Waals surface area contributed by atoms with Crippen LogP contribution < -0.4 is 4.90 Å². The average Bonchev–Trinajstić information content (AvgIpc) is 3.57. The fraction of sp³-hybridized carbons (Fsp3) is 0.600. The Morgan fingerprint density at radius 1 is 1.18 bits per heavy atom. The highest BCUT2D eigenvalue weighted by atomic mass is 32.1. The molecule has 4 nitrogen and oxygen atoms in total. The molecule has 5 rings (SSSR count). The number of piperazine rings is 1. The van der Waals surface area contributed by atoms with E-state index in [-0.39, 0.29) is 11.5 Å². The minimum Gasteiger partial charge on any atom is -0.368 e. The van der Waals surface area contributed by atoms with E-state index < -0.39 is 18.0 Å². The van der Waals surface area contributed by atoms with Crippen LogP contribution in [0.1, 0.15) is 24.8 Å². The fourth-order valence-corrected chi connectivity index (χ4v) is 5.43. The summed E-state index contributed by atoms with van der Waals surface area (Å²) < 4.78 is 44.7. The van der Waals surface area contributed by atoms with Crippen LogP contribution in [-0.2, 0) is 10.9 Å². The molecule has 1 N–H and O–H groups in total. The number of anilines is 1. The summed E-state index contributed by atoms with van der Waals surface area (Å²) in [4.78, 5) is 4.73. The molecule has 1 aliphatic carbocycles. The van der Waals surface area contributed by atoms with E-state index in [9.17, 15) is 18.3 Å². The van der Waals surface area contributed by atoms with E-state index in [0.29, 0.717) is 4.70 Å². The number of fused-ring (bicyclic) bond motifs is 1. The summed E-state index contributed by atoms with van der Waals surface area (Å²) in [5.41, 5.74) is 0.662. The minimum absolute atomic E-state index is 0.0487. The largest absolute Gasteiger partial charge is 0.416 e. The molecule has 0 bridgehead atoms. The van der Waals surface area contributed by atoms with Crippen molar-refractivity contribution in [3.05, 3.63) is 29.1 Å². The van der Waals surface area contributed by atoms with Crippen LogP contribution in [0.3, 0.4) is 0 Å². The summed E-state index contributed by atoms with van der Waals surface area (Å²) in [5.74, 6) is 0. The molecule has 2 saturated heterocycles. The van der Waals surface area contributed by atoms with E-state index in [1.54, 1.807) is 6.07 Å². The first kappa shape index (κ1) is 18.7. The highest BCUT2D eigenvalue weighted by Gasteiger charge is 2.60. The Morgan fingerprint density at radius 2 is 1.89 bits per heavy atom. The number of nitrogens with zero attached hydrogens (tertiary/aromatic N) is 2. The molecule has 1 saturated carbocycles. The predicted molar refractivity (Wildman–Crippen MR) is 103 cm³/mol. The highest BCUT2D eigenvalue weighted by molar-refractivity contribution is 7.17. The third kappa shape index (κ3) is 3.40. The molecule has 2 atom stereocenters. The summed E-state index contributed by atoms with van der Waals surface area (Å²) in [5, 5.41) is 12.4. The van der Waals surface area contributed by atoms with Gasteiger partial charge in [0.25, 0.3) is 0 Å². The summed E-state index contributed by atoms with van der Waals surface area (Å²) >= 11 is 1.38. The fourth-order valence-electron chi connectivity index (χ4n) is 4.42. The Kier molecular flexibility index (Phi) is 4.39. The van der Waals surface area contributed by atoms with Crippen molar-refractivity contribution in [1.29, 1.82) is 0 Å². The molecular formula is C20H23F3N2O2S. The monoisotopic (exact) mass is 412 g/mol. The van der Waals surface area contributed by atoms with Crippen molar-refractivity contribution in [2.45, 2.75) is 37.8 Å². The first-order valence-electron chi connectivity index (χ1n) is 9.75. The lowest BCUT2D eigenvalue weighted by Gasteiger charge is -2.36. The number of thiophene rings is 1. The SMILES string of the molecule is OC1OC1C1(CCN2CCN(c3csc4cc(C(F)(F)F)ccc34)CC2)CC1. The van der Waals surface area contributed by atoms with Gasteiger partial charge in [-0.15, -0.1) is 11.3 Å². The molecule has 1 aromatic heterocycles. The van der Waals surface area contributed by atoms with Gasteiger partial charge in [0.15, 0.2) is 6.29 Å². The molecule has 152 valence electrons. The first-order valence-corrected chi connectivity index (χ1v) is 10.6. The molecule has 3 heterocycles. The number of rotatable bonds is 5. The number of hydrogen-bond donors (Lipinski definition) is 1. The van der Waals surface area contributed by atoms with Crippen LogP contribution in [0, 0.1) is 5.41 Å². The van der Waals surface area contributed by atoms with Crippen LogP contribution in [0.2, 0.25) is 0 Å². The topological polar surface area (TPSA) is 39.2 Å². The van der Waals surface area contributed by atoms with Gasteiger partial charge < -0.3 is 14.7 Å².